The monoisotopic (exact) mass is 279 g/mol. The third kappa shape index (κ3) is 5.21. The molecule has 1 aromatic carbocycles. The maximum absolute atomic E-state index is 12.3. The molecule has 0 radical (unpaired) electrons. The van der Waals surface area contributed by atoms with Gasteiger partial charge in [0, 0.05) is 18.7 Å². The number of rotatable bonds is 8. The zero-order valence-corrected chi connectivity index (χ0v) is 12.6. The first-order valence-corrected chi connectivity index (χ1v) is 7.21. The topological polar surface area (TPSA) is 49.8 Å². The Hall–Kier alpha value is -1.55. The van der Waals surface area contributed by atoms with Gasteiger partial charge >= 0.3 is 0 Å². The smallest absolute Gasteiger partial charge is 0.253 e. The van der Waals surface area contributed by atoms with Crippen LogP contribution in [0.1, 0.15) is 37.6 Å². The fourth-order valence-corrected chi connectivity index (χ4v) is 1.84. The van der Waals surface area contributed by atoms with Gasteiger partial charge < -0.3 is 14.7 Å². The summed E-state index contributed by atoms with van der Waals surface area (Å²) in [6.07, 6.45) is 0.876. The van der Waals surface area contributed by atoms with Crippen LogP contribution in [-0.2, 0) is 0 Å². The average molecular weight is 279 g/mol. The van der Waals surface area contributed by atoms with Crippen LogP contribution >= 0.6 is 0 Å². The number of aliphatic hydroxyl groups excluding tert-OH is 1. The summed E-state index contributed by atoms with van der Waals surface area (Å²) in [5.74, 6) is 1.21. The molecule has 1 N–H and O–H groups in total. The van der Waals surface area contributed by atoms with Crippen molar-refractivity contribution in [3.8, 4) is 5.75 Å². The van der Waals surface area contributed by atoms with E-state index >= 15 is 0 Å². The van der Waals surface area contributed by atoms with Crippen molar-refractivity contribution >= 4 is 5.91 Å². The van der Waals surface area contributed by atoms with Gasteiger partial charge in [0.1, 0.15) is 5.75 Å². The molecule has 0 aliphatic carbocycles. The van der Waals surface area contributed by atoms with Crippen molar-refractivity contribution in [1.82, 2.24) is 4.90 Å². The number of ether oxygens (including phenoxy) is 1. The van der Waals surface area contributed by atoms with E-state index in [1.54, 1.807) is 17.0 Å². The SMILES string of the molecule is CCCN(CCO)C(=O)c1ccc(OCC(C)C)cc1. The molecule has 1 amide bonds. The van der Waals surface area contributed by atoms with Crippen LogP contribution in [0.4, 0.5) is 0 Å². The maximum Gasteiger partial charge on any atom is 0.253 e. The summed E-state index contributed by atoms with van der Waals surface area (Å²) in [4.78, 5) is 13.9. The van der Waals surface area contributed by atoms with Crippen molar-refractivity contribution in [3.05, 3.63) is 29.8 Å². The van der Waals surface area contributed by atoms with Gasteiger partial charge in [-0.05, 0) is 36.6 Å². The minimum absolute atomic E-state index is 0.0126. The molecule has 0 aliphatic rings. The quantitative estimate of drug-likeness (QED) is 0.795. The molecular formula is C16H25NO3. The van der Waals surface area contributed by atoms with E-state index in [1.807, 2.05) is 19.1 Å². The summed E-state index contributed by atoms with van der Waals surface area (Å²) in [7, 11) is 0. The molecule has 4 nitrogen and oxygen atoms in total. The van der Waals surface area contributed by atoms with E-state index in [0.29, 0.717) is 31.2 Å². The first kappa shape index (κ1) is 16.5. The molecule has 0 aromatic heterocycles. The van der Waals surface area contributed by atoms with Crippen LogP contribution in [0.25, 0.3) is 0 Å². The predicted molar refractivity (Wildman–Crippen MR) is 80.1 cm³/mol. The van der Waals surface area contributed by atoms with E-state index in [1.165, 1.54) is 0 Å². The van der Waals surface area contributed by atoms with Crippen molar-refractivity contribution in [2.45, 2.75) is 27.2 Å². The van der Waals surface area contributed by atoms with Crippen molar-refractivity contribution in [2.24, 2.45) is 5.92 Å². The molecule has 112 valence electrons. The number of carbonyl (C=O) groups excluding carboxylic acids is 1. The highest BCUT2D eigenvalue weighted by molar-refractivity contribution is 5.94. The number of hydrogen-bond donors (Lipinski definition) is 1. The molecule has 0 saturated carbocycles. The van der Waals surface area contributed by atoms with Crippen LogP contribution in [0.2, 0.25) is 0 Å². The average Bonchev–Trinajstić information content (AvgIpc) is 2.44. The van der Waals surface area contributed by atoms with Gasteiger partial charge in [0.25, 0.3) is 5.91 Å². The summed E-state index contributed by atoms with van der Waals surface area (Å²) < 4.78 is 5.59. The first-order valence-electron chi connectivity index (χ1n) is 7.21. The van der Waals surface area contributed by atoms with Gasteiger partial charge in [0.15, 0.2) is 0 Å². The van der Waals surface area contributed by atoms with Gasteiger partial charge in [-0.15, -0.1) is 0 Å². The number of hydrogen-bond acceptors (Lipinski definition) is 3. The molecule has 1 rings (SSSR count). The van der Waals surface area contributed by atoms with Gasteiger partial charge in [0.05, 0.1) is 13.2 Å². The third-order valence-electron chi connectivity index (χ3n) is 2.84. The number of nitrogens with zero attached hydrogens (tertiary/aromatic N) is 1. The summed E-state index contributed by atoms with van der Waals surface area (Å²) in [6.45, 7) is 7.88. The largest absolute Gasteiger partial charge is 0.493 e. The van der Waals surface area contributed by atoms with Crippen molar-refractivity contribution in [2.75, 3.05) is 26.3 Å². The Labute approximate surface area is 121 Å². The fourth-order valence-electron chi connectivity index (χ4n) is 1.84. The molecule has 0 spiro atoms. The van der Waals surface area contributed by atoms with Crippen molar-refractivity contribution < 1.29 is 14.6 Å². The Bertz CT molecular complexity index is 395. The standard InChI is InChI=1S/C16H25NO3/c1-4-9-17(10-11-18)16(19)14-5-7-15(8-6-14)20-12-13(2)3/h5-8,13,18H,4,9-12H2,1-3H3. The van der Waals surface area contributed by atoms with Gasteiger partial charge in [-0.2, -0.15) is 0 Å². The van der Waals surface area contributed by atoms with Crippen LogP contribution in [0.5, 0.6) is 5.75 Å². The summed E-state index contributed by atoms with van der Waals surface area (Å²) >= 11 is 0. The van der Waals surface area contributed by atoms with Crippen LogP contribution < -0.4 is 4.74 Å². The molecular weight excluding hydrogens is 254 g/mol. The molecule has 1 aromatic rings. The third-order valence-corrected chi connectivity index (χ3v) is 2.84. The Balaban J connectivity index is 2.68. The molecule has 0 atom stereocenters. The van der Waals surface area contributed by atoms with Gasteiger partial charge in [0.2, 0.25) is 0 Å². The predicted octanol–water partition coefficient (Wildman–Crippen LogP) is 2.57. The van der Waals surface area contributed by atoms with Crippen LogP contribution in [0.15, 0.2) is 24.3 Å². The van der Waals surface area contributed by atoms with Crippen LogP contribution in [0, 0.1) is 5.92 Å². The maximum atomic E-state index is 12.3. The Morgan fingerprint density at radius 3 is 2.40 bits per heavy atom. The lowest BCUT2D eigenvalue weighted by atomic mass is 10.2. The highest BCUT2D eigenvalue weighted by Crippen LogP contribution is 2.15. The zero-order valence-electron chi connectivity index (χ0n) is 12.6. The first-order chi connectivity index (χ1) is 9.58. The summed E-state index contributed by atoms with van der Waals surface area (Å²) in [6, 6.07) is 7.19. The molecule has 0 unspecified atom stereocenters. The highest BCUT2D eigenvalue weighted by atomic mass is 16.5. The molecule has 0 heterocycles. The van der Waals surface area contributed by atoms with Gasteiger partial charge in [-0.25, -0.2) is 0 Å². The van der Waals surface area contributed by atoms with Crippen molar-refractivity contribution in [3.63, 3.8) is 0 Å². The Morgan fingerprint density at radius 1 is 1.25 bits per heavy atom. The zero-order chi connectivity index (χ0) is 15.0. The minimum Gasteiger partial charge on any atom is -0.493 e. The van der Waals surface area contributed by atoms with Crippen LogP contribution in [0.3, 0.4) is 0 Å². The van der Waals surface area contributed by atoms with Gasteiger partial charge in [-0.1, -0.05) is 20.8 Å². The van der Waals surface area contributed by atoms with E-state index < -0.39 is 0 Å². The minimum atomic E-state index is -0.0451. The molecule has 0 aliphatic heterocycles. The van der Waals surface area contributed by atoms with Gasteiger partial charge in [-0.3, -0.25) is 4.79 Å². The van der Waals surface area contributed by atoms with E-state index in [4.69, 9.17) is 9.84 Å². The van der Waals surface area contributed by atoms with E-state index in [9.17, 15) is 4.79 Å². The van der Waals surface area contributed by atoms with E-state index in [-0.39, 0.29) is 12.5 Å². The lowest BCUT2D eigenvalue weighted by molar-refractivity contribution is 0.0722. The number of benzene rings is 1. The Morgan fingerprint density at radius 2 is 1.90 bits per heavy atom. The highest BCUT2D eigenvalue weighted by Gasteiger charge is 2.14. The number of amides is 1. The molecule has 0 bridgehead atoms. The van der Waals surface area contributed by atoms with E-state index in [2.05, 4.69) is 13.8 Å². The molecule has 0 fully saturated rings. The van der Waals surface area contributed by atoms with Crippen LogP contribution in [-0.4, -0.2) is 42.2 Å². The second kappa shape index (κ2) is 8.59. The lowest BCUT2D eigenvalue weighted by Crippen LogP contribution is -2.34. The molecule has 20 heavy (non-hydrogen) atoms. The normalized spacial score (nSPS) is 10.7. The number of aliphatic hydroxyl groups is 1. The lowest BCUT2D eigenvalue weighted by Gasteiger charge is -2.21. The summed E-state index contributed by atoms with van der Waals surface area (Å²) in [5.41, 5.74) is 0.629. The second-order valence-electron chi connectivity index (χ2n) is 5.25. The number of carbonyl (C=O) groups is 1. The van der Waals surface area contributed by atoms with E-state index in [0.717, 1.165) is 12.2 Å². The van der Waals surface area contributed by atoms with Crippen molar-refractivity contribution in [1.29, 1.82) is 0 Å². The Kier molecular flexibility index (Phi) is 7.09. The second-order valence-corrected chi connectivity index (χ2v) is 5.25. The summed E-state index contributed by atoms with van der Waals surface area (Å²) in [5, 5.41) is 9.01. The molecule has 0 saturated heterocycles. The fraction of sp³-hybridized carbons (Fsp3) is 0.562. The molecule has 4 heteroatoms.